The third-order valence-corrected chi connectivity index (χ3v) is 4.32. The first-order valence-corrected chi connectivity index (χ1v) is 6.50. The van der Waals surface area contributed by atoms with Crippen molar-refractivity contribution in [2.24, 2.45) is 22.8 Å². The monoisotopic (exact) mass is 248 g/mol. The molecule has 2 unspecified atom stereocenters. The Hall–Kier alpha value is -1.58. The second kappa shape index (κ2) is 4.59. The van der Waals surface area contributed by atoms with E-state index < -0.39 is 11.3 Å². The van der Waals surface area contributed by atoms with E-state index in [0.29, 0.717) is 12.0 Å². The maximum Gasteiger partial charge on any atom is 0.244 e. The van der Waals surface area contributed by atoms with E-state index in [0.717, 1.165) is 31.3 Å². The maximum atomic E-state index is 11.9. The van der Waals surface area contributed by atoms with Crippen LogP contribution in [0.3, 0.4) is 0 Å². The predicted molar refractivity (Wildman–Crippen MR) is 69.2 cm³/mol. The van der Waals surface area contributed by atoms with Crippen LogP contribution in [0.15, 0.2) is 23.3 Å². The van der Waals surface area contributed by atoms with Crippen molar-refractivity contribution in [3.8, 4) is 0 Å². The smallest absolute Gasteiger partial charge is 0.244 e. The molecule has 4 nitrogen and oxygen atoms in total. The molecule has 0 spiro atoms. The molecule has 0 heterocycles. The molecule has 2 atom stereocenters. The lowest BCUT2D eigenvalue weighted by molar-refractivity contribution is -0.128. The van der Waals surface area contributed by atoms with Crippen molar-refractivity contribution >= 4 is 11.8 Å². The van der Waals surface area contributed by atoms with Crippen molar-refractivity contribution in [1.82, 2.24) is 0 Å². The molecule has 0 aromatic heterocycles. The van der Waals surface area contributed by atoms with Crippen molar-refractivity contribution < 1.29 is 9.59 Å². The number of hydrogen-bond donors (Lipinski definition) is 2. The summed E-state index contributed by atoms with van der Waals surface area (Å²) < 4.78 is 0. The van der Waals surface area contributed by atoms with Gasteiger partial charge >= 0.3 is 0 Å². The molecular weight excluding hydrogens is 228 g/mol. The summed E-state index contributed by atoms with van der Waals surface area (Å²) in [4.78, 5) is 23.5. The third kappa shape index (κ3) is 1.96. The van der Waals surface area contributed by atoms with Crippen LogP contribution in [0.1, 0.15) is 39.0 Å². The fourth-order valence-electron chi connectivity index (χ4n) is 3.15. The predicted octanol–water partition coefficient (Wildman–Crippen LogP) is 1.41. The van der Waals surface area contributed by atoms with Gasteiger partial charge in [-0.1, -0.05) is 37.5 Å². The molecular formula is C14H20N2O2. The van der Waals surface area contributed by atoms with Gasteiger partial charge in [0.15, 0.2) is 0 Å². The van der Waals surface area contributed by atoms with E-state index in [2.05, 4.69) is 0 Å². The fraction of sp³-hybridized carbons (Fsp3) is 0.571. The summed E-state index contributed by atoms with van der Waals surface area (Å²) in [5, 5.41) is 0. The van der Waals surface area contributed by atoms with E-state index in [-0.39, 0.29) is 11.8 Å². The van der Waals surface area contributed by atoms with Crippen molar-refractivity contribution in [2.45, 2.75) is 39.0 Å². The van der Waals surface area contributed by atoms with Gasteiger partial charge in [0.2, 0.25) is 11.8 Å². The summed E-state index contributed by atoms with van der Waals surface area (Å²) in [7, 11) is 0. The number of rotatable bonds is 2. The van der Waals surface area contributed by atoms with Crippen LogP contribution >= 0.6 is 0 Å². The van der Waals surface area contributed by atoms with Gasteiger partial charge < -0.3 is 11.5 Å². The number of fused-ring (bicyclic) bond motifs is 1. The molecule has 2 aliphatic rings. The minimum atomic E-state index is -0.727. The second-order valence-corrected chi connectivity index (χ2v) is 5.37. The van der Waals surface area contributed by atoms with E-state index in [9.17, 15) is 9.59 Å². The van der Waals surface area contributed by atoms with Gasteiger partial charge in [0.05, 0.1) is 5.41 Å². The zero-order chi connectivity index (χ0) is 13.3. The molecule has 18 heavy (non-hydrogen) atoms. The Morgan fingerprint density at radius 1 is 1.28 bits per heavy atom. The zero-order valence-corrected chi connectivity index (χ0v) is 10.7. The summed E-state index contributed by atoms with van der Waals surface area (Å²) in [6, 6.07) is 0. The number of hydrogen-bond acceptors (Lipinski definition) is 2. The summed E-state index contributed by atoms with van der Waals surface area (Å²) in [5.41, 5.74) is 11.9. The number of primary amides is 2. The average molecular weight is 248 g/mol. The topological polar surface area (TPSA) is 86.2 Å². The average Bonchev–Trinajstić information content (AvgIpc) is 2.27. The number of carbonyl (C=O) groups excluding carboxylic acids is 2. The highest BCUT2D eigenvalue weighted by Crippen LogP contribution is 2.45. The lowest BCUT2D eigenvalue weighted by Crippen LogP contribution is -2.45. The Bertz CT molecular complexity index is 451. The van der Waals surface area contributed by atoms with E-state index >= 15 is 0 Å². The molecule has 0 aromatic rings. The molecule has 0 aromatic carbocycles. The van der Waals surface area contributed by atoms with Crippen LogP contribution in [-0.4, -0.2) is 11.8 Å². The normalized spacial score (nSPS) is 31.7. The third-order valence-electron chi connectivity index (χ3n) is 4.32. The summed E-state index contributed by atoms with van der Waals surface area (Å²) >= 11 is 0. The lowest BCUT2D eigenvalue weighted by Gasteiger charge is -2.39. The van der Waals surface area contributed by atoms with E-state index in [1.54, 1.807) is 0 Å². The number of nitrogens with two attached hydrogens (primary N) is 2. The lowest BCUT2D eigenvalue weighted by atomic mass is 9.64. The Balaban J connectivity index is 2.52. The first-order valence-electron chi connectivity index (χ1n) is 6.50. The number of carbonyl (C=O) groups is 2. The Morgan fingerprint density at radius 2 is 2.00 bits per heavy atom. The molecule has 2 rings (SSSR count). The molecule has 4 heteroatoms. The second-order valence-electron chi connectivity index (χ2n) is 5.37. The largest absolute Gasteiger partial charge is 0.369 e. The van der Waals surface area contributed by atoms with Gasteiger partial charge in [0.25, 0.3) is 0 Å². The van der Waals surface area contributed by atoms with Gasteiger partial charge in [-0.25, -0.2) is 0 Å². The van der Waals surface area contributed by atoms with Crippen LogP contribution in [0, 0.1) is 11.3 Å². The highest BCUT2D eigenvalue weighted by atomic mass is 16.2. The minimum absolute atomic E-state index is 0.227. The van der Waals surface area contributed by atoms with Crippen LogP contribution in [0.5, 0.6) is 0 Å². The van der Waals surface area contributed by atoms with Crippen molar-refractivity contribution in [1.29, 1.82) is 0 Å². The van der Waals surface area contributed by atoms with E-state index in [1.807, 2.05) is 19.1 Å². The zero-order valence-electron chi connectivity index (χ0n) is 10.7. The molecule has 0 saturated heterocycles. The standard InChI is InChI=1S/C14H20N2O2/c1-9-11(12(15)17)7-10-5-3-2-4-6-14(9,8-10)13(16)18/h7-9H,2-6H2,1H3,(H2,15,17)(H2,16,18). The van der Waals surface area contributed by atoms with Crippen LogP contribution in [-0.2, 0) is 9.59 Å². The Morgan fingerprint density at radius 3 is 2.61 bits per heavy atom. The van der Waals surface area contributed by atoms with Crippen LogP contribution in [0.2, 0.25) is 0 Å². The number of amides is 2. The number of allylic oxidation sites excluding steroid dienone is 2. The molecule has 2 bridgehead atoms. The highest BCUT2D eigenvalue weighted by molar-refractivity contribution is 5.96. The van der Waals surface area contributed by atoms with Crippen molar-refractivity contribution in [3.05, 3.63) is 23.3 Å². The Kier molecular flexibility index (Phi) is 3.28. The van der Waals surface area contributed by atoms with Crippen molar-refractivity contribution in [2.75, 3.05) is 0 Å². The van der Waals surface area contributed by atoms with Gasteiger partial charge in [0.1, 0.15) is 0 Å². The minimum Gasteiger partial charge on any atom is -0.369 e. The first kappa shape index (κ1) is 12.9. The highest BCUT2D eigenvalue weighted by Gasteiger charge is 2.45. The van der Waals surface area contributed by atoms with Crippen LogP contribution in [0.25, 0.3) is 0 Å². The molecule has 0 aliphatic heterocycles. The quantitative estimate of drug-likeness (QED) is 0.774. The molecule has 0 radical (unpaired) electrons. The van der Waals surface area contributed by atoms with Gasteiger partial charge in [-0.05, 0) is 19.3 Å². The van der Waals surface area contributed by atoms with Gasteiger partial charge in [-0.3, -0.25) is 9.59 Å². The Labute approximate surface area is 107 Å². The summed E-state index contributed by atoms with van der Waals surface area (Å²) in [6.45, 7) is 1.87. The van der Waals surface area contributed by atoms with Crippen LogP contribution < -0.4 is 11.5 Å². The van der Waals surface area contributed by atoms with Crippen LogP contribution in [0.4, 0.5) is 0 Å². The van der Waals surface area contributed by atoms with E-state index in [1.165, 1.54) is 0 Å². The molecule has 4 N–H and O–H groups in total. The van der Waals surface area contributed by atoms with Crippen molar-refractivity contribution in [3.63, 3.8) is 0 Å². The molecule has 0 saturated carbocycles. The van der Waals surface area contributed by atoms with Gasteiger partial charge in [0, 0.05) is 11.5 Å². The fourth-order valence-corrected chi connectivity index (χ4v) is 3.15. The first-order chi connectivity index (χ1) is 8.47. The molecule has 0 fully saturated rings. The molecule has 2 aliphatic carbocycles. The molecule has 2 amide bonds. The molecule has 98 valence electrons. The van der Waals surface area contributed by atoms with Gasteiger partial charge in [-0.2, -0.15) is 0 Å². The SMILES string of the molecule is CC1C(C(N)=O)=CC2=CC1(C(N)=O)CCCCC2. The van der Waals surface area contributed by atoms with Gasteiger partial charge in [-0.15, -0.1) is 0 Å². The van der Waals surface area contributed by atoms with E-state index in [4.69, 9.17) is 11.5 Å². The maximum absolute atomic E-state index is 11.9. The summed E-state index contributed by atoms with van der Waals surface area (Å²) in [6.07, 6.45) is 8.56. The summed E-state index contributed by atoms with van der Waals surface area (Å²) in [5.74, 6) is -1.02.